The second-order valence-corrected chi connectivity index (χ2v) is 8.23. The molecule has 0 saturated carbocycles. The Morgan fingerprint density at radius 3 is 2.69 bits per heavy atom. The summed E-state index contributed by atoms with van der Waals surface area (Å²) < 4.78 is 0.927. The third-order valence-electron chi connectivity index (χ3n) is 5.50. The highest BCUT2D eigenvalue weighted by Gasteiger charge is 2.25. The van der Waals surface area contributed by atoms with Gasteiger partial charge in [0.15, 0.2) is 0 Å². The number of nitrogens with zero attached hydrogens (tertiary/aromatic N) is 2. The monoisotopic (exact) mass is 454 g/mol. The SMILES string of the molecule is O=C(NCCC(=O)N1CCC(c2c[nH]c3ncccc23)CC1)c1ccc(Br)cc1. The zero-order valence-electron chi connectivity index (χ0n) is 16.0. The maximum absolute atomic E-state index is 12.5. The average Bonchev–Trinajstić information content (AvgIpc) is 3.18. The Hall–Kier alpha value is -2.67. The minimum absolute atomic E-state index is 0.0974. The molecular weight excluding hydrogens is 432 g/mol. The molecule has 1 fully saturated rings. The molecule has 7 heteroatoms. The highest BCUT2D eigenvalue weighted by molar-refractivity contribution is 9.10. The number of amides is 2. The molecule has 1 aromatic carbocycles. The van der Waals surface area contributed by atoms with Crippen LogP contribution in [0.15, 0.2) is 53.3 Å². The van der Waals surface area contributed by atoms with Gasteiger partial charge in [0.1, 0.15) is 5.65 Å². The third-order valence-corrected chi connectivity index (χ3v) is 6.03. The molecule has 2 amide bonds. The van der Waals surface area contributed by atoms with Gasteiger partial charge in [-0.15, -0.1) is 0 Å². The van der Waals surface area contributed by atoms with Crippen LogP contribution in [0.4, 0.5) is 0 Å². The molecule has 0 aliphatic carbocycles. The summed E-state index contributed by atoms with van der Waals surface area (Å²) in [6.45, 7) is 1.84. The van der Waals surface area contributed by atoms with Crippen molar-refractivity contribution in [3.63, 3.8) is 0 Å². The number of hydrogen-bond acceptors (Lipinski definition) is 3. The maximum atomic E-state index is 12.5. The maximum Gasteiger partial charge on any atom is 0.251 e. The quantitative estimate of drug-likeness (QED) is 0.614. The predicted molar refractivity (Wildman–Crippen MR) is 116 cm³/mol. The number of rotatable bonds is 5. The van der Waals surface area contributed by atoms with E-state index in [9.17, 15) is 9.59 Å². The molecule has 1 saturated heterocycles. The van der Waals surface area contributed by atoms with Gasteiger partial charge in [0, 0.05) is 53.9 Å². The van der Waals surface area contributed by atoms with Crippen molar-refractivity contribution in [1.29, 1.82) is 0 Å². The number of nitrogens with one attached hydrogen (secondary N) is 2. The second-order valence-electron chi connectivity index (χ2n) is 7.31. The fourth-order valence-electron chi connectivity index (χ4n) is 3.90. The van der Waals surface area contributed by atoms with E-state index in [4.69, 9.17) is 0 Å². The number of aromatic amines is 1. The highest BCUT2D eigenvalue weighted by atomic mass is 79.9. The molecular formula is C22H23BrN4O2. The minimum Gasteiger partial charge on any atom is -0.352 e. The van der Waals surface area contributed by atoms with Crippen LogP contribution in [-0.4, -0.2) is 46.3 Å². The van der Waals surface area contributed by atoms with Crippen LogP contribution in [0.5, 0.6) is 0 Å². The van der Waals surface area contributed by atoms with E-state index < -0.39 is 0 Å². The van der Waals surface area contributed by atoms with E-state index in [1.54, 1.807) is 18.3 Å². The molecule has 1 aliphatic heterocycles. The van der Waals surface area contributed by atoms with Crippen LogP contribution in [0.3, 0.4) is 0 Å². The van der Waals surface area contributed by atoms with Crippen LogP contribution in [0.2, 0.25) is 0 Å². The Bertz CT molecular complexity index is 1010. The standard InChI is InChI=1S/C22H23BrN4O2/c23-17-5-3-16(4-6-17)22(29)25-11-7-20(28)27-12-8-15(9-13-27)19-14-26-21-18(19)2-1-10-24-21/h1-6,10,14-15H,7-9,11-13H2,(H,24,26)(H,25,29). The van der Waals surface area contributed by atoms with Crippen LogP contribution in [0.1, 0.15) is 41.1 Å². The second kappa shape index (κ2) is 8.78. The molecule has 0 spiro atoms. The van der Waals surface area contributed by atoms with Gasteiger partial charge in [-0.1, -0.05) is 15.9 Å². The van der Waals surface area contributed by atoms with Crippen LogP contribution in [0, 0.1) is 0 Å². The largest absolute Gasteiger partial charge is 0.352 e. The van der Waals surface area contributed by atoms with E-state index in [0.29, 0.717) is 24.4 Å². The Morgan fingerprint density at radius 2 is 1.93 bits per heavy atom. The summed E-state index contributed by atoms with van der Waals surface area (Å²) in [5.74, 6) is 0.381. The topological polar surface area (TPSA) is 78.1 Å². The van der Waals surface area contributed by atoms with Crippen molar-refractivity contribution in [2.24, 2.45) is 0 Å². The number of likely N-dealkylation sites (tertiary alicyclic amines) is 1. The van der Waals surface area contributed by atoms with E-state index in [1.165, 1.54) is 10.9 Å². The molecule has 0 unspecified atom stereocenters. The molecule has 2 N–H and O–H groups in total. The number of carbonyl (C=O) groups is 2. The van der Waals surface area contributed by atoms with Crippen LogP contribution < -0.4 is 5.32 Å². The minimum atomic E-state index is -0.156. The van der Waals surface area contributed by atoms with Gasteiger partial charge in [0.05, 0.1) is 0 Å². The summed E-state index contributed by atoms with van der Waals surface area (Å²) in [5.41, 5.74) is 2.80. The lowest BCUT2D eigenvalue weighted by Gasteiger charge is -2.32. The van der Waals surface area contributed by atoms with Gasteiger partial charge < -0.3 is 15.2 Å². The molecule has 0 atom stereocenters. The first-order valence-corrected chi connectivity index (χ1v) is 10.6. The van der Waals surface area contributed by atoms with Gasteiger partial charge in [-0.05, 0) is 60.7 Å². The van der Waals surface area contributed by atoms with Crippen LogP contribution in [-0.2, 0) is 4.79 Å². The fraction of sp³-hybridized carbons (Fsp3) is 0.318. The fourth-order valence-corrected chi connectivity index (χ4v) is 4.16. The number of carbonyl (C=O) groups excluding carboxylic acids is 2. The summed E-state index contributed by atoms with van der Waals surface area (Å²) in [5, 5.41) is 4.00. The smallest absolute Gasteiger partial charge is 0.251 e. The van der Waals surface area contributed by atoms with Gasteiger partial charge >= 0.3 is 0 Å². The zero-order valence-corrected chi connectivity index (χ0v) is 17.6. The molecule has 0 radical (unpaired) electrons. The summed E-state index contributed by atoms with van der Waals surface area (Å²) >= 11 is 3.35. The molecule has 2 aromatic heterocycles. The number of piperidine rings is 1. The number of halogens is 1. The first kappa shape index (κ1) is 19.6. The number of pyridine rings is 1. The van der Waals surface area contributed by atoms with Crippen molar-refractivity contribution in [2.75, 3.05) is 19.6 Å². The third kappa shape index (κ3) is 4.50. The molecule has 3 aromatic rings. The van der Waals surface area contributed by atoms with Gasteiger partial charge in [0.25, 0.3) is 5.91 Å². The van der Waals surface area contributed by atoms with E-state index in [2.05, 4.69) is 43.5 Å². The van der Waals surface area contributed by atoms with Gasteiger partial charge in [-0.2, -0.15) is 0 Å². The van der Waals surface area contributed by atoms with Crippen molar-refractivity contribution in [1.82, 2.24) is 20.2 Å². The molecule has 1 aliphatic rings. The normalized spacial score (nSPS) is 14.9. The number of H-pyrrole nitrogens is 1. The summed E-state index contributed by atoms with van der Waals surface area (Å²) in [4.78, 5) is 34.2. The van der Waals surface area contributed by atoms with Crippen molar-refractivity contribution >= 4 is 38.8 Å². The lowest BCUT2D eigenvalue weighted by atomic mass is 9.89. The molecule has 4 rings (SSSR count). The highest BCUT2D eigenvalue weighted by Crippen LogP contribution is 2.32. The van der Waals surface area contributed by atoms with Crippen molar-refractivity contribution in [3.8, 4) is 0 Å². The number of fused-ring (bicyclic) bond motifs is 1. The molecule has 6 nitrogen and oxygen atoms in total. The van der Waals surface area contributed by atoms with Crippen LogP contribution >= 0.6 is 15.9 Å². The average molecular weight is 455 g/mol. The first-order chi connectivity index (χ1) is 14.1. The molecule has 3 heterocycles. The zero-order chi connectivity index (χ0) is 20.2. The van der Waals surface area contributed by atoms with Crippen molar-refractivity contribution in [2.45, 2.75) is 25.2 Å². The Labute approximate surface area is 177 Å². The molecule has 29 heavy (non-hydrogen) atoms. The van der Waals surface area contributed by atoms with Crippen molar-refractivity contribution < 1.29 is 9.59 Å². The number of hydrogen-bond donors (Lipinski definition) is 2. The number of aromatic nitrogens is 2. The van der Waals surface area contributed by atoms with E-state index in [0.717, 1.165) is 36.1 Å². The summed E-state index contributed by atoms with van der Waals surface area (Å²) in [6.07, 6.45) is 6.05. The molecule has 150 valence electrons. The Kier molecular flexibility index (Phi) is 5.94. The predicted octanol–water partition coefficient (Wildman–Crippen LogP) is 3.85. The van der Waals surface area contributed by atoms with Gasteiger partial charge in [-0.3, -0.25) is 9.59 Å². The van der Waals surface area contributed by atoms with Gasteiger partial charge in [0.2, 0.25) is 5.91 Å². The van der Waals surface area contributed by atoms with Gasteiger partial charge in [-0.25, -0.2) is 4.98 Å². The summed E-state index contributed by atoms with van der Waals surface area (Å²) in [7, 11) is 0. The van der Waals surface area contributed by atoms with Crippen molar-refractivity contribution in [3.05, 3.63) is 64.4 Å². The lowest BCUT2D eigenvalue weighted by molar-refractivity contribution is -0.132. The van der Waals surface area contributed by atoms with E-state index >= 15 is 0 Å². The first-order valence-electron chi connectivity index (χ1n) is 9.85. The van der Waals surface area contributed by atoms with E-state index in [1.807, 2.05) is 23.1 Å². The lowest BCUT2D eigenvalue weighted by Crippen LogP contribution is -2.39. The Morgan fingerprint density at radius 1 is 1.17 bits per heavy atom. The molecule has 0 bridgehead atoms. The van der Waals surface area contributed by atoms with E-state index in [-0.39, 0.29) is 11.8 Å². The van der Waals surface area contributed by atoms with Crippen LogP contribution in [0.25, 0.3) is 11.0 Å². The number of benzene rings is 1. The summed E-state index contributed by atoms with van der Waals surface area (Å²) in [6, 6.07) is 11.2. The Balaban J connectivity index is 1.25.